The first-order valence-electron chi connectivity index (χ1n) is 2.35. The largest absolute Gasteiger partial charge is 0.377 e. The molecule has 0 radical (unpaired) electrons. The van der Waals surface area contributed by atoms with E-state index in [2.05, 4.69) is 4.52 Å². The van der Waals surface area contributed by atoms with Gasteiger partial charge in [-0.3, -0.25) is 4.57 Å². The SMILES string of the molecule is COP(=O)(O)[C@H](O)C(Cl)(Cl)Cl. The molecule has 0 rings (SSSR count). The standard InChI is InChI=1S/C3H6Cl3O4P/c1-10-11(8,9)2(7)3(4,5)6/h2,7H,1H3,(H,8,9)/t2-/m0/s1. The first-order chi connectivity index (χ1) is 4.72. The Balaban J connectivity index is 4.49. The van der Waals surface area contributed by atoms with E-state index in [0.29, 0.717) is 0 Å². The molecule has 0 saturated heterocycles. The van der Waals surface area contributed by atoms with Crippen LogP contribution in [0.5, 0.6) is 0 Å². The van der Waals surface area contributed by atoms with Crippen LogP contribution in [-0.2, 0) is 9.09 Å². The maximum atomic E-state index is 10.8. The lowest BCUT2D eigenvalue weighted by atomic mass is 10.8. The Bertz CT molecular complexity index is 178. The highest BCUT2D eigenvalue weighted by Gasteiger charge is 2.45. The topological polar surface area (TPSA) is 66.8 Å². The van der Waals surface area contributed by atoms with Crippen molar-refractivity contribution in [1.82, 2.24) is 0 Å². The normalized spacial score (nSPS) is 20.9. The first-order valence-corrected chi connectivity index (χ1v) is 5.13. The second kappa shape index (κ2) is 3.79. The van der Waals surface area contributed by atoms with E-state index in [0.717, 1.165) is 7.11 Å². The van der Waals surface area contributed by atoms with Gasteiger partial charge in [0.25, 0.3) is 0 Å². The first kappa shape index (κ1) is 12.0. The number of aliphatic hydroxyl groups excluding tert-OH is 1. The smallest absolute Gasteiger partial charge is 0.360 e. The van der Waals surface area contributed by atoms with Crippen LogP contribution in [0.25, 0.3) is 0 Å². The van der Waals surface area contributed by atoms with Crippen molar-refractivity contribution in [2.24, 2.45) is 0 Å². The molecule has 0 aliphatic rings. The van der Waals surface area contributed by atoms with Crippen LogP contribution in [0, 0.1) is 0 Å². The van der Waals surface area contributed by atoms with Crippen LogP contribution in [-0.4, -0.2) is 26.7 Å². The number of hydrogen-bond donors (Lipinski definition) is 2. The van der Waals surface area contributed by atoms with Crippen molar-refractivity contribution in [1.29, 1.82) is 0 Å². The zero-order valence-corrected chi connectivity index (χ0v) is 8.53. The van der Waals surface area contributed by atoms with Crippen LogP contribution in [0.15, 0.2) is 0 Å². The summed E-state index contributed by atoms with van der Waals surface area (Å²) in [6.07, 6.45) is 0. The summed E-state index contributed by atoms with van der Waals surface area (Å²) in [7, 11) is -3.30. The van der Waals surface area contributed by atoms with Crippen LogP contribution >= 0.6 is 42.4 Å². The molecule has 0 aromatic rings. The lowest BCUT2D eigenvalue weighted by molar-refractivity contribution is 0.191. The van der Waals surface area contributed by atoms with Crippen LogP contribution in [0.2, 0.25) is 0 Å². The van der Waals surface area contributed by atoms with E-state index < -0.39 is 17.2 Å². The fourth-order valence-electron chi connectivity index (χ4n) is 0.285. The minimum atomic E-state index is -4.23. The van der Waals surface area contributed by atoms with Gasteiger partial charge in [-0.25, -0.2) is 0 Å². The van der Waals surface area contributed by atoms with Gasteiger partial charge in [-0.15, -0.1) is 0 Å². The van der Waals surface area contributed by atoms with Crippen molar-refractivity contribution in [3.63, 3.8) is 0 Å². The second-order valence-corrected chi connectivity index (χ2v) is 6.01. The molecule has 0 heterocycles. The van der Waals surface area contributed by atoms with Crippen molar-refractivity contribution in [3.05, 3.63) is 0 Å². The molecule has 0 amide bonds. The van der Waals surface area contributed by atoms with Crippen LogP contribution in [0.4, 0.5) is 0 Å². The molecule has 4 nitrogen and oxygen atoms in total. The summed E-state index contributed by atoms with van der Waals surface area (Å²) in [5, 5.41) is 8.88. The molecule has 8 heteroatoms. The highest BCUT2D eigenvalue weighted by atomic mass is 35.6. The Labute approximate surface area is 78.5 Å². The molecule has 11 heavy (non-hydrogen) atoms. The molecule has 0 aromatic heterocycles. The van der Waals surface area contributed by atoms with E-state index in [-0.39, 0.29) is 0 Å². The van der Waals surface area contributed by atoms with Gasteiger partial charge in [0.1, 0.15) is 0 Å². The maximum absolute atomic E-state index is 10.8. The molecule has 0 aliphatic carbocycles. The van der Waals surface area contributed by atoms with Gasteiger partial charge in [-0.1, -0.05) is 34.8 Å². The quantitative estimate of drug-likeness (QED) is 0.570. The molecule has 68 valence electrons. The van der Waals surface area contributed by atoms with Gasteiger partial charge < -0.3 is 14.5 Å². The van der Waals surface area contributed by atoms with Crippen molar-refractivity contribution in [2.75, 3.05) is 7.11 Å². The summed E-state index contributed by atoms with van der Waals surface area (Å²) in [6, 6.07) is 0. The number of alkyl halides is 3. The monoisotopic (exact) mass is 242 g/mol. The number of aliphatic hydroxyl groups is 1. The minimum Gasteiger partial charge on any atom is -0.377 e. The van der Waals surface area contributed by atoms with E-state index in [9.17, 15) is 4.57 Å². The molecule has 2 N–H and O–H groups in total. The molecule has 1 unspecified atom stereocenters. The summed E-state index contributed by atoms with van der Waals surface area (Å²) < 4.78 is 12.6. The van der Waals surface area contributed by atoms with Gasteiger partial charge in [0.05, 0.1) is 0 Å². The zero-order valence-electron chi connectivity index (χ0n) is 5.37. The molecule has 0 fully saturated rings. The van der Waals surface area contributed by atoms with Gasteiger partial charge in [-0.05, 0) is 0 Å². The van der Waals surface area contributed by atoms with Crippen molar-refractivity contribution in [3.8, 4) is 0 Å². The Morgan fingerprint density at radius 3 is 2.00 bits per heavy atom. The van der Waals surface area contributed by atoms with E-state index in [1.54, 1.807) is 0 Å². The van der Waals surface area contributed by atoms with E-state index in [1.165, 1.54) is 0 Å². The van der Waals surface area contributed by atoms with E-state index in [1.807, 2.05) is 0 Å². The third kappa shape index (κ3) is 3.47. The molecular formula is C3H6Cl3O4P. The summed E-state index contributed by atoms with van der Waals surface area (Å²) in [5.41, 5.74) is 0. The fraction of sp³-hybridized carbons (Fsp3) is 1.00. The number of halogens is 3. The second-order valence-electron chi connectivity index (χ2n) is 1.66. The average molecular weight is 243 g/mol. The predicted octanol–water partition coefficient (Wildman–Crippen LogP) is 1.51. The molecule has 0 spiro atoms. The average Bonchev–Trinajstić information content (AvgIpc) is 1.84. The molecule has 0 aromatic carbocycles. The van der Waals surface area contributed by atoms with E-state index in [4.69, 9.17) is 44.8 Å². The number of rotatable bonds is 2. The van der Waals surface area contributed by atoms with Gasteiger partial charge in [-0.2, -0.15) is 0 Å². The van der Waals surface area contributed by atoms with Gasteiger partial charge in [0.2, 0.25) is 9.64 Å². The van der Waals surface area contributed by atoms with Crippen molar-refractivity contribution >= 4 is 42.4 Å². The van der Waals surface area contributed by atoms with Crippen LogP contribution in [0.1, 0.15) is 0 Å². The van der Waals surface area contributed by atoms with Gasteiger partial charge in [0, 0.05) is 7.11 Å². The zero-order chi connectivity index (χ0) is 9.28. The van der Waals surface area contributed by atoms with Crippen LogP contribution < -0.4 is 0 Å². The molecule has 0 bridgehead atoms. The highest BCUT2D eigenvalue weighted by Crippen LogP contribution is 2.54. The predicted molar refractivity (Wildman–Crippen MR) is 43.1 cm³/mol. The Kier molecular flexibility index (Phi) is 4.13. The maximum Gasteiger partial charge on any atom is 0.360 e. The third-order valence-electron chi connectivity index (χ3n) is 0.863. The third-order valence-corrected chi connectivity index (χ3v) is 3.47. The van der Waals surface area contributed by atoms with Gasteiger partial charge in [0.15, 0.2) is 0 Å². The molecule has 0 aliphatic heterocycles. The van der Waals surface area contributed by atoms with E-state index >= 15 is 0 Å². The van der Waals surface area contributed by atoms with Crippen LogP contribution in [0.3, 0.4) is 0 Å². The fourth-order valence-corrected chi connectivity index (χ4v) is 1.96. The van der Waals surface area contributed by atoms with Crippen molar-refractivity contribution in [2.45, 2.75) is 9.64 Å². The minimum absolute atomic E-state index is 0.931. The Morgan fingerprint density at radius 1 is 1.55 bits per heavy atom. The lowest BCUT2D eigenvalue weighted by Gasteiger charge is -2.21. The molecular weight excluding hydrogens is 237 g/mol. The van der Waals surface area contributed by atoms with Gasteiger partial charge >= 0.3 is 7.60 Å². The highest BCUT2D eigenvalue weighted by molar-refractivity contribution is 7.53. The molecule has 2 atom stereocenters. The number of hydrogen-bond acceptors (Lipinski definition) is 3. The van der Waals surface area contributed by atoms with Crippen molar-refractivity contribution < 1.29 is 19.1 Å². The summed E-state index contributed by atoms with van der Waals surface area (Å²) >= 11 is 15.3. The Hall–Kier alpha value is 0.980. The molecule has 0 saturated carbocycles. The summed E-state index contributed by atoms with van der Waals surface area (Å²) in [4.78, 5) is 8.76. The Morgan fingerprint density at radius 2 is 1.91 bits per heavy atom. The lowest BCUT2D eigenvalue weighted by Crippen LogP contribution is -2.25. The summed E-state index contributed by atoms with van der Waals surface area (Å²) in [5.74, 6) is -2.04. The summed E-state index contributed by atoms with van der Waals surface area (Å²) in [6.45, 7) is 0.